The standard InChI is InChI=1S/C26H19ClN4O/c1-32-22-6-2-4-17(14-22)18-7-12-24-23(15-18)26(29-21-10-8-20(27)9-11-21)31-25(30-24)19-5-3-13-28-16-19/h2-16H,1H3,(H,29,30,31). The van der Waals surface area contributed by atoms with E-state index in [0.29, 0.717) is 16.7 Å². The molecule has 5 aromatic rings. The number of anilines is 2. The van der Waals surface area contributed by atoms with Crippen LogP contribution in [0.15, 0.2) is 91.3 Å². The third-order valence-corrected chi connectivity index (χ3v) is 5.38. The number of pyridine rings is 1. The van der Waals surface area contributed by atoms with Crippen molar-refractivity contribution in [3.05, 3.63) is 96.3 Å². The zero-order valence-electron chi connectivity index (χ0n) is 17.3. The van der Waals surface area contributed by atoms with Gasteiger partial charge in [-0.15, -0.1) is 0 Å². The number of aromatic nitrogens is 3. The third-order valence-electron chi connectivity index (χ3n) is 5.13. The molecule has 0 atom stereocenters. The largest absolute Gasteiger partial charge is 0.497 e. The first-order valence-electron chi connectivity index (χ1n) is 10.1. The molecule has 0 amide bonds. The van der Waals surface area contributed by atoms with Gasteiger partial charge in [0.1, 0.15) is 11.6 Å². The lowest BCUT2D eigenvalue weighted by atomic mass is 10.0. The molecule has 0 aliphatic carbocycles. The zero-order chi connectivity index (χ0) is 21.9. The summed E-state index contributed by atoms with van der Waals surface area (Å²) in [6.07, 6.45) is 3.50. The summed E-state index contributed by atoms with van der Waals surface area (Å²) < 4.78 is 5.39. The third kappa shape index (κ3) is 4.11. The molecule has 1 N–H and O–H groups in total. The van der Waals surface area contributed by atoms with Crippen LogP contribution in [-0.2, 0) is 0 Å². The number of benzene rings is 3. The maximum Gasteiger partial charge on any atom is 0.163 e. The Morgan fingerprint density at radius 1 is 0.812 bits per heavy atom. The summed E-state index contributed by atoms with van der Waals surface area (Å²) in [5.41, 5.74) is 4.68. The van der Waals surface area contributed by atoms with E-state index in [1.54, 1.807) is 19.5 Å². The summed E-state index contributed by atoms with van der Waals surface area (Å²) in [5, 5.41) is 5.02. The summed E-state index contributed by atoms with van der Waals surface area (Å²) in [4.78, 5) is 13.8. The fourth-order valence-corrected chi connectivity index (χ4v) is 3.63. The first-order chi connectivity index (χ1) is 15.7. The van der Waals surface area contributed by atoms with Crippen LogP contribution in [0.2, 0.25) is 5.02 Å². The fraction of sp³-hybridized carbons (Fsp3) is 0.0385. The highest BCUT2D eigenvalue weighted by atomic mass is 35.5. The lowest BCUT2D eigenvalue weighted by molar-refractivity contribution is 0.415. The van der Waals surface area contributed by atoms with Crippen LogP contribution in [0.4, 0.5) is 11.5 Å². The molecule has 2 heterocycles. The number of nitrogens with zero attached hydrogens (tertiary/aromatic N) is 3. The second-order valence-corrected chi connectivity index (χ2v) is 7.67. The van der Waals surface area contributed by atoms with Crippen LogP contribution < -0.4 is 10.1 Å². The predicted octanol–water partition coefficient (Wildman–Crippen LogP) is 6.76. The highest BCUT2D eigenvalue weighted by Gasteiger charge is 2.12. The summed E-state index contributed by atoms with van der Waals surface area (Å²) in [7, 11) is 1.67. The van der Waals surface area contributed by atoms with E-state index in [0.717, 1.165) is 39.0 Å². The van der Waals surface area contributed by atoms with E-state index in [2.05, 4.69) is 28.5 Å². The van der Waals surface area contributed by atoms with Gasteiger partial charge in [-0.3, -0.25) is 4.98 Å². The topological polar surface area (TPSA) is 59.9 Å². The Hall–Kier alpha value is -3.96. The Labute approximate surface area is 190 Å². The van der Waals surface area contributed by atoms with Gasteiger partial charge in [0, 0.05) is 34.1 Å². The van der Waals surface area contributed by atoms with Crippen molar-refractivity contribution in [1.82, 2.24) is 15.0 Å². The Bertz CT molecular complexity index is 1390. The van der Waals surface area contributed by atoms with Gasteiger partial charge in [-0.05, 0) is 71.8 Å². The molecule has 6 heteroatoms. The fourth-order valence-electron chi connectivity index (χ4n) is 3.50. The minimum absolute atomic E-state index is 0.608. The van der Waals surface area contributed by atoms with Crippen molar-refractivity contribution in [2.24, 2.45) is 0 Å². The summed E-state index contributed by atoms with van der Waals surface area (Å²) >= 11 is 6.06. The van der Waals surface area contributed by atoms with E-state index in [1.807, 2.05) is 60.7 Å². The molecule has 0 saturated heterocycles. The van der Waals surface area contributed by atoms with E-state index < -0.39 is 0 Å². The van der Waals surface area contributed by atoms with Crippen LogP contribution >= 0.6 is 11.6 Å². The van der Waals surface area contributed by atoms with Crippen molar-refractivity contribution < 1.29 is 4.74 Å². The maximum atomic E-state index is 6.06. The molecular weight excluding hydrogens is 420 g/mol. The Balaban J connectivity index is 1.66. The van der Waals surface area contributed by atoms with Gasteiger partial charge in [-0.1, -0.05) is 29.8 Å². The van der Waals surface area contributed by atoms with Gasteiger partial charge in [-0.2, -0.15) is 0 Å². The number of ether oxygens (including phenoxy) is 1. The number of fused-ring (bicyclic) bond motifs is 1. The highest BCUT2D eigenvalue weighted by Crippen LogP contribution is 2.32. The van der Waals surface area contributed by atoms with Crippen LogP contribution in [-0.4, -0.2) is 22.1 Å². The smallest absolute Gasteiger partial charge is 0.163 e. The molecule has 0 radical (unpaired) electrons. The second-order valence-electron chi connectivity index (χ2n) is 7.23. The average Bonchev–Trinajstić information content (AvgIpc) is 2.85. The van der Waals surface area contributed by atoms with E-state index in [-0.39, 0.29) is 0 Å². The minimum Gasteiger partial charge on any atom is -0.497 e. The van der Waals surface area contributed by atoms with Crippen LogP contribution in [0, 0.1) is 0 Å². The van der Waals surface area contributed by atoms with Gasteiger partial charge >= 0.3 is 0 Å². The lowest BCUT2D eigenvalue weighted by Crippen LogP contribution is -2.00. The van der Waals surface area contributed by atoms with Gasteiger partial charge in [-0.25, -0.2) is 9.97 Å². The first kappa shape index (κ1) is 20.0. The van der Waals surface area contributed by atoms with Crippen molar-refractivity contribution in [2.45, 2.75) is 0 Å². The number of hydrogen-bond acceptors (Lipinski definition) is 5. The SMILES string of the molecule is COc1cccc(-c2ccc3nc(-c4cccnc4)nc(Nc4ccc(Cl)cc4)c3c2)c1. The number of rotatable bonds is 5. The summed E-state index contributed by atoms with van der Waals surface area (Å²) in [6.45, 7) is 0. The quantitative estimate of drug-likeness (QED) is 0.328. The zero-order valence-corrected chi connectivity index (χ0v) is 18.0. The summed E-state index contributed by atoms with van der Waals surface area (Å²) in [6, 6.07) is 25.5. The van der Waals surface area contributed by atoms with Gasteiger partial charge in [0.25, 0.3) is 0 Å². The number of halogens is 1. The molecule has 156 valence electrons. The maximum absolute atomic E-state index is 6.06. The van der Waals surface area contributed by atoms with Gasteiger partial charge in [0.2, 0.25) is 0 Å². The number of nitrogens with one attached hydrogen (secondary N) is 1. The van der Waals surface area contributed by atoms with E-state index in [4.69, 9.17) is 26.3 Å². The van der Waals surface area contributed by atoms with Crippen molar-refractivity contribution in [3.8, 4) is 28.3 Å². The first-order valence-corrected chi connectivity index (χ1v) is 10.5. The number of methoxy groups -OCH3 is 1. The molecule has 0 aliphatic rings. The molecule has 0 fully saturated rings. The summed E-state index contributed by atoms with van der Waals surface area (Å²) in [5.74, 6) is 2.13. The predicted molar refractivity (Wildman–Crippen MR) is 129 cm³/mol. The van der Waals surface area contributed by atoms with Gasteiger partial charge < -0.3 is 10.1 Å². The molecule has 0 aliphatic heterocycles. The number of hydrogen-bond donors (Lipinski definition) is 1. The van der Waals surface area contributed by atoms with Crippen molar-refractivity contribution in [1.29, 1.82) is 0 Å². The van der Waals surface area contributed by atoms with E-state index in [9.17, 15) is 0 Å². The van der Waals surface area contributed by atoms with Crippen molar-refractivity contribution in [3.63, 3.8) is 0 Å². The van der Waals surface area contributed by atoms with Gasteiger partial charge in [0.05, 0.1) is 12.6 Å². The van der Waals surface area contributed by atoms with E-state index in [1.165, 1.54) is 0 Å². The molecule has 0 saturated carbocycles. The monoisotopic (exact) mass is 438 g/mol. The molecular formula is C26H19ClN4O. The van der Waals surface area contributed by atoms with Crippen LogP contribution in [0.25, 0.3) is 33.4 Å². The molecule has 0 spiro atoms. The van der Waals surface area contributed by atoms with Crippen LogP contribution in [0.1, 0.15) is 0 Å². The average molecular weight is 439 g/mol. The minimum atomic E-state index is 0.608. The Morgan fingerprint density at radius 3 is 2.41 bits per heavy atom. The Morgan fingerprint density at radius 2 is 1.62 bits per heavy atom. The molecule has 5 rings (SSSR count). The Kier molecular flexibility index (Phi) is 5.40. The van der Waals surface area contributed by atoms with Crippen molar-refractivity contribution in [2.75, 3.05) is 12.4 Å². The highest BCUT2D eigenvalue weighted by molar-refractivity contribution is 6.30. The lowest BCUT2D eigenvalue weighted by Gasteiger charge is -2.13. The molecule has 2 aromatic heterocycles. The normalized spacial score (nSPS) is 10.8. The van der Waals surface area contributed by atoms with Crippen LogP contribution in [0.5, 0.6) is 5.75 Å². The molecule has 0 unspecified atom stereocenters. The molecule has 5 nitrogen and oxygen atoms in total. The second kappa shape index (κ2) is 8.65. The van der Waals surface area contributed by atoms with Gasteiger partial charge in [0.15, 0.2) is 5.82 Å². The van der Waals surface area contributed by atoms with Crippen molar-refractivity contribution >= 4 is 34.0 Å². The van der Waals surface area contributed by atoms with Crippen LogP contribution in [0.3, 0.4) is 0 Å². The molecule has 0 bridgehead atoms. The molecule has 3 aromatic carbocycles. The van der Waals surface area contributed by atoms with E-state index >= 15 is 0 Å². The molecule has 32 heavy (non-hydrogen) atoms.